The smallest absolute Gasteiger partial charge is 0.416 e. The average molecular weight is 601 g/mol. The Morgan fingerprint density at radius 2 is 1.55 bits per heavy atom. The molecule has 40 heavy (non-hydrogen) atoms. The first-order valence-electron chi connectivity index (χ1n) is 12.7. The van der Waals surface area contributed by atoms with E-state index < -0.39 is 52.3 Å². The Balaban J connectivity index is 0.00000441. The number of piperazine rings is 1. The largest absolute Gasteiger partial charge is 0.633 e. The van der Waals surface area contributed by atoms with Gasteiger partial charge in [-0.15, -0.1) is 12.4 Å². The van der Waals surface area contributed by atoms with Crippen LogP contribution in [-0.4, -0.2) is 62.2 Å². The first-order chi connectivity index (χ1) is 18.1. The van der Waals surface area contributed by atoms with E-state index in [1.54, 1.807) is 0 Å². The summed E-state index contributed by atoms with van der Waals surface area (Å²) in [6.45, 7) is 3.80. The van der Waals surface area contributed by atoms with Crippen molar-refractivity contribution in [1.29, 1.82) is 0 Å². The molecule has 0 N–H and O–H groups in total. The lowest BCUT2D eigenvalue weighted by Crippen LogP contribution is -2.58. The van der Waals surface area contributed by atoms with Crippen LogP contribution in [0.2, 0.25) is 0 Å². The van der Waals surface area contributed by atoms with Gasteiger partial charge in [-0.25, -0.2) is 4.39 Å². The first kappa shape index (κ1) is 32.6. The van der Waals surface area contributed by atoms with Gasteiger partial charge in [0.1, 0.15) is 5.82 Å². The number of hydrogen-bond acceptors (Lipinski definition) is 4. The Kier molecular flexibility index (Phi) is 10.2. The SMILES string of the molecule is C[C@@H](O[C@H]1OCC[C@@H](C[N+]2([O-])CCN(C)CC2)[C@@H]1c1ccc(F)cc1)c1cc(C(F)(F)F)cc(C(F)(F)F)c1.Cl. The highest BCUT2D eigenvalue weighted by molar-refractivity contribution is 5.85. The summed E-state index contributed by atoms with van der Waals surface area (Å²) in [7, 11) is 1.93. The molecule has 0 bridgehead atoms. The van der Waals surface area contributed by atoms with Crippen LogP contribution in [0.4, 0.5) is 30.7 Å². The van der Waals surface area contributed by atoms with Crippen molar-refractivity contribution < 1.29 is 44.9 Å². The van der Waals surface area contributed by atoms with Crippen LogP contribution in [0.25, 0.3) is 0 Å². The molecule has 4 rings (SSSR count). The molecular formula is C27H32ClF7N2O3. The number of alkyl halides is 6. The van der Waals surface area contributed by atoms with Crippen LogP contribution in [0.5, 0.6) is 0 Å². The van der Waals surface area contributed by atoms with E-state index in [4.69, 9.17) is 9.47 Å². The minimum Gasteiger partial charge on any atom is -0.633 e. The van der Waals surface area contributed by atoms with Crippen molar-refractivity contribution in [1.82, 2.24) is 4.90 Å². The highest BCUT2D eigenvalue weighted by Crippen LogP contribution is 2.42. The van der Waals surface area contributed by atoms with Crippen molar-refractivity contribution in [2.75, 3.05) is 46.4 Å². The maximum absolute atomic E-state index is 13.7. The normalized spacial score (nSPS) is 24.8. The Labute approximate surface area is 234 Å². The van der Waals surface area contributed by atoms with Gasteiger partial charge in [0.15, 0.2) is 6.29 Å². The van der Waals surface area contributed by atoms with Crippen LogP contribution in [0.15, 0.2) is 42.5 Å². The van der Waals surface area contributed by atoms with E-state index in [9.17, 15) is 35.9 Å². The lowest BCUT2D eigenvalue weighted by molar-refractivity contribution is -0.888. The molecule has 2 aliphatic rings. The second-order valence-corrected chi connectivity index (χ2v) is 10.5. The number of nitrogens with zero attached hydrogens (tertiary/aromatic N) is 2. The summed E-state index contributed by atoms with van der Waals surface area (Å²) >= 11 is 0. The molecule has 2 fully saturated rings. The van der Waals surface area contributed by atoms with E-state index in [0.717, 1.165) is 0 Å². The van der Waals surface area contributed by atoms with Gasteiger partial charge in [0.2, 0.25) is 0 Å². The summed E-state index contributed by atoms with van der Waals surface area (Å²) < 4.78 is 106. The number of halogens is 8. The molecule has 0 amide bonds. The number of hydrogen-bond donors (Lipinski definition) is 0. The molecule has 0 aliphatic carbocycles. The Morgan fingerprint density at radius 3 is 2.08 bits per heavy atom. The summed E-state index contributed by atoms with van der Waals surface area (Å²) in [6.07, 6.45) is -11.8. The minimum absolute atomic E-state index is 0. The van der Waals surface area contributed by atoms with Crippen molar-refractivity contribution in [3.05, 3.63) is 75.7 Å². The van der Waals surface area contributed by atoms with Crippen molar-refractivity contribution in [2.45, 2.75) is 44.0 Å². The third kappa shape index (κ3) is 7.86. The van der Waals surface area contributed by atoms with E-state index in [-0.39, 0.29) is 43.1 Å². The highest BCUT2D eigenvalue weighted by Gasteiger charge is 2.42. The molecule has 13 heteroatoms. The average Bonchev–Trinajstić information content (AvgIpc) is 2.85. The molecule has 0 spiro atoms. The van der Waals surface area contributed by atoms with Gasteiger partial charge < -0.3 is 19.3 Å². The second-order valence-electron chi connectivity index (χ2n) is 10.5. The monoisotopic (exact) mass is 600 g/mol. The molecule has 2 aromatic carbocycles. The number of rotatable bonds is 6. The van der Waals surface area contributed by atoms with E-state index in [0.29, 0.717) is 50.3 Å². The van der Waals surface area contributed by atoms with Crippen LogP contribution in [-0.2, 0) is 21.8 Å². The van der Waals surface area contributed by atoms with Gasteiger partial charge in [-0.3, -0.25) is 4.90 Å². The van der Waals surface area contributed by atoms with Crippen LogP contribution in [0.1, 0.15) is 47.6 Å². The van der Waals surface area contributed by atoms with E-state index in [2.05, 4.69) is 4.90 Å². The Morgan fingerprint density at radius 1 is 1.00 bits per heavy atom. The fraction of sp³-hybridized carbons (Fsp3) is 0.556. The van der Waals surface area contributed by atoms with Crippen LogP contribution >= 0.6 is 12.4 Å². The molecule has 4 atom stereocenters. The van der Waals surface area contributed by atoms with Gasteiger partial charge in [0.25, 0.3) is 0 Å². The van der Waals surface area contributed by atoms with E-state index >= 15 is 0 Å². The number of benzene rings is 2. The van der Waals surface area contributed by atoms with Gasteiger partial charge in [-0.2, -0.15) is 26.3 Å². The fourth-order valence-electron chi connectivity index (χ4n) is 5.32. The third-order valence-corrected chi connectivity index (χ3v) is 7.59. The quantitative estimate of drug-likeness (QED) is 0.209. The van der Waals surface area contributed by atoms with Gasteiger partial charge in [0, 0.05) is 24.9 Å². The molecule has 2 heterocycles. The lowest BCUT2D eigenvalue weighted by Gasteiger charge is -2.51. The van der Waals surface area contributed by atoms with Crippen molar-refractivity contribution in [3.8, 4) is 0 Å². The minimum atomic E-state index is -4.99. The topological polar surface area (TPSA) is 44.8 Å². The maximum atomic E-state index is 13.7. The van der Waals surface area contributed by atoms with E-state index in [1.807, 2.05) is 7.05 Å². The number of likely N-dealkylation sites (N-methyl/N-ethyl adjacent to an activating group) is 1. The van der Waals surface area contributed by atoms with Gasteiger partial charge in [-0.1, -0.05) is 12.1 Å². The standard InChI is InChI=1S/C27H31F7N2O3.ClH/c1-17(20-13-21(26(29,30)31)15-22(14-20)27(32,33)34)39-25-24(18-3-5-23(28)6-4-18)19(7-12-38-25)16-36(37)10-8-35(2)9-11-36;/h3-6,13-15,17,19,24-25H,7-12,16H2,1-2H3;1H/t17-,19+,24+,25-;/m1./s1. The van der Waals surface area contributed by atoms with Crippen LogP contribution < -0.4 is 0 Å². The Hall–Kier alpha value is -1.96. The summed E-state index contributed by atoms with van der Waals surface area (Å²) in [4.78, 5) is 2.06. The van der Waals surface area contributed by atoms with Gasteiger partial charge >= 0.3 is 12.4 Å². The number of quaternary nitrogens is 1. The van der Waals surface area contributed by atoms with E-state index in [1.165, 1.54) is 31.2 Å². The Bertz CT molecular complexity index is 1090. The van der Waals surface area contributed by atoms with Gasteiger partial charge in [0.05, 0.1) is 43.5 Å². The zero-order valence-corrected chi connectivity index (χ0v) is 22.8. The second kappa shape index (κ2) is 12.5. The summed E-state index contributed by atoms with van der Waals surface area (Å²) in [5, 5.41) is 13.5. The summed E-state index contributed by atoms with van der Waals surface area (Å²) in [5.74, 6) is -1.33. The zero-order valence-electron chi connectivity index (χ0n) is 22.0. The van der Waals surface area contributed by atoms with Crippen molar-refractivity contribution >= 4 is 12.4 Å². The predicted octanol–water partition coefficient (Wildman–Crippen LogP) is 6.77. The molecule has 2 aliphatic heterocycles. The highest BCUT2D eigenvalue weighted by atomic mass is 35.5. The summed E-state index contributed by atoms with van der Waals surface area (Å²) in [6, 6.07) is 6.91. The first-order valence-corrected chi connectivity index (χ1v) is 12.7. The molecule has 0 aromatic heterocycles. The number of ether oxygens (including phenoxy) is 2. The molecule has 224 valence electrons. The van der Waals surface area contributed by atoms with Crippen molar-refractivity contribution in [3.63, 3.8) is 0 Å². The van der Waals surface area contributed by atoms with Gasteiger partial charge in [-0.05, 0) is 61.9 Å². The van der Waals surface area contributed by atoms with Crippen LogP contribution in [0.3, 0.4) is 0 Å². The number of hydroxylamine groups is 3. The molecule has 2 aromatic rings. The zero-order chi connectivity index (χ0) is 28.6. The molecule has 0 unspecified atom stereocenters. The molecule has 2 saturated heterocycles. The third-order valence-electron chi connectivity index (χ3n) is 7.59. The maximum Gasteiger partial charge on any atom is 0.416 e. The molecular weight excluding hydrogens is 569 g/mol. The molecule has 5 nitrogen and oxygen atoms in total. The predicted molar refractivity (Wildman–Crippen MR) is 136 cm³/mol. The molecule has 0 radical (unpaired) electrons. The van der Waals surface area contributed by atoms with Crippen LogP contribution in [0, 0.1) is 16.9 Å². The van der Waals surface area contributed by atoms with Crippen molar-refractivity contribution in [2.24, 2.45) is 5.92 Å². The molecule has 0 saturated carbocycles. The summed E-state index contributed by atoms with van der Waals surface area (Å²) in [5.41, 5.74) is -2.58. The lowest BCUT2D eigenvalue weighted by atomic mass is 9.81. The fourth-order valence-corrected chi connectivity index (χ4v) is 5.32.